The van der Waals surface area contributed by atoms with Crippen LogP contribution in [0.1, 0.15) is 0 Å². The van der Waals surface area contributed by atoms with E-state index in [2.05, 4.69) is 10.1 Å². The highest BCUT2D eigenvalue weighted by Crippen LogP contribution is 2.24. The fraction of sp³-hybridized carbons (Fsp3) is 1.00. The van der Waals surface area contributed by atoms with Crippen molar-refractivity contribution in [2.75, 3.05) is 19.7 Å². The van der Waals surface area contributed by atoms with Crippen LogP contribution in [-0.2, 0) is 4.74 Å². The quantitative estimate of drug-likeness (QED) is 0.599. The van der Waals surface area contributed by atoms with E-state index in [-0.39, 0.29) is 19.7 Å². The number of hydrogen-bond acceptors (Lipinski definition) is 3. The standard InChI is InChI=1S/C6H10F3NO2/c7-6(8,9)5-2-10-1-4(3-11)12-5/h4-5,10-11H,1-3H2. The van der Waals surface area contributed by atoms with Crippen molar-refractivity contribution >= 4 is 0 Å². The highest BCUT2D eigenvalue weighted by atomic mass is 19.4. The molecule has 1 heterocycles. The average Bonchev–Trinajstić information content (AvgIpc) is 2.03. The average molecular weight is 185 g/mol. The number of ether oxygens (including phenoxy) is 1. The molecule has 72 valence electrons. The summed E-state index contributed by atoms with van der Waals surface area (Å²) in [6.07, 6.45) is -6.88. The zero-order valence-electron chi connectivity index (χ0n) is 6.27. The van der Waals surface area contributed by atoms with Crippen LogP contribution in [0, 0.1) is 0 Å². The first kappa shape index (κ1) is 9.76. The number of alkyl halides is 3. The number of aliphatic hydroxyl groups is 1. The molecule has 2 N–H and O–H groups in total. The molecule has 1 aliphatic heterocycles. The molecule has 2 unspecified atom stereocenters. The Hall–Kier alpha value is -0.330. The van der Waals surface area contributed by atoms with Crippen LogP contribution in [0.5, 0.6) is 0 Å². The monoisotopic (exact) mass is 185 g/mol. The largest absolute Gasteiger partial charge is 0.415 e. The van der Waals surface area contributed by atoms with Crippen molar-refractivity contribution in [2.45, 2.75) is 18.4 Å². The zero-order valence-corrected chi connectivity index (χ0v) is 6.27. The maximum Gasteiger partial charge on any atom is 0.415 e. The Morgan fingerprint density at radius 3 is 2.58 bits per heavy atom. The maximum absolute atomic E-state index is 12.0. The molecule has 12 heavy (non-hydrogen) atoms. The van der Waals surface area contributed by atoms with Crippen molar-refractivity contribution in [3.8, 4) is 0 Å². The molecule has 0 aliphatic carbocycles. The van der Waals surface area contributed by atoms with Crippen LogP contribution in [0.3, 0.4) is 0 Å². The van der Waals surface area contributed by atoms with E-state index < -0.39 is 18.4 Å². The molecule has 0 radical (unpaired) electrons. The third-order valence-electron chi connectivity index (χ3n) is 1.63. The van der Waals surface area contributed by atoms with Crippen LogP contribution in [0.4, 0.5) is 13.2 Å². The fourth-order valence-corrected chi connectivity index (χ4v) is 1.00. The lowest BCUT2D eigenvalue weighted by Gasteiger charge is -2.30. The number of halogens is 3. The molecule has 2 atom stereocenters. The third kappa shape index (κ3) is 2.33. The van der Waals surface area contributed by atoms with E-state index in [0.29, 0.717) is 0 Å². The molecule has 0 amide bonds. The second-order valence-electron chi connectivity index (χ2n) is 2.63. The van der Waals surface area contributed by atoms with Crippen LogP contribution in [0.2, 0.25) is 0 Å². The van der Waals surface area contributed by atoms with Crippen molar-refractivity contribution in [1.82, 2.24) is 5.32 Å². The summed E-state index contributed by atoms with van der Waals surface area (Å²) in [7, 11) is 0. The minimum absolute atomic E-state index is 0.236. The van der Waals surface area contributed by atoms with E-state index in [1.807, 2.05) is 0 Å². The third-order valence-corrected chi connectivity index (χ3v) is 1.63. The summed E-state index contributed by atoms with van der Waals surface area (Å²) in [6.45, 7) is -0.358. The molecule has 0 aromatic heterocycles. The molecule has 3 nitrogen and oxygen atoms in total. The van der Waals surface area contributed by atoms with Gasteiger partial charge >= 0.3 is 6.18 Å². The summed E-state index contributed by atoms with van der Waals surface area (Å²) in [5.41, 5.74) is 0. The normalized spacial score (nSPS) is 32.0. The number of morpholine rings is 1. The predicted octanol–water partition coefficient (Wildman–Crippen LogP) is -0.102. The van der Waals surface area contributed by atoms with Gasteiger partial charge < -0.3 is 15.2 Å². The van der Waals surface area contributed by atoms with Gasteiger partial charge in [-0.2, -0.15) is 13.2 Å². The van der Waals surface area contributed by atoms with E-state index in [1.165, 1.54) is 0 Å². The molecule has 6 heteroatoms. The van der Waals surface area contributed by atoms with Crippen molar-refractivity contribution < 1.29 is 23.0 Å². The zero-order chi connectivity index (χ0) is 9.19. The Labute approximate surface area is 67.5 Å². The van der Waals surface area contributed by atoms with Gasteiger partial charge in [0, 0.05) is 13.1 Å². The van der Waals surface area contributed by atoms with Crippen LogP contribution in [-0.4, -0.2) is 43.2 Å². The Morgan fingerprint density at radius 2 is 2.08 bits per heavy atom. The lowest BCUT2D eigenvalue weighted by Crippen LogP contribution is -2.52. The number of hydrogen-bond donors (Lipinski definition) is 2. The SMILES string of the molecule is OCC1CNCC(C(F)(F)F)O1. The van der Waals surface area contributed by atoms with Crippen molar-refractivity contribution in [1.29, 1.82) is 0 Å². The van der Waals surface area contributed by atoms with Crippen LogP contribution >= 0.6 is 0 Å². The Balaban J connectivity index is 2.46. The van der Waals surface area contributed by atoms with E-state index in [1.54, 1.807) is 0 Å². The molecule has 1 aliphatic rings. The molecular formula is C6H10F3NO2. The lowest BCUT2D eigenvalue weighted by atomic mass is 10.2. The Kier molecular flexibility index (Phi) is 2.92. The predicted molar refractivity (Wildman–Crippen MR) is 34.7 cm³/mol. The Morgan fingerprint density at radius 1 is 1.42 bits per heavy atom. The van der Waals surface area contributed by atoms with E-state index in [4.69, 9.17) is 5.11 Å². The summed E-state index contributed by atoms with van der Waals surface area (Å²) in [6, 6.07) is 0. The summed E-state index contributed by atoms with van der Waals surface area (Å²) in [5, 5.41) is 11.1. The highest BCUT2D eigenvalue weighted by Gasteiger charge is 2.43. The smallest absolute Gasteiger partial charge is 0.394 e. The molecule has 0 saturated carbocycles. The molecule has 1 rings (SSSR count). The Bertz CT molecular complexity index is 150. The van der Waals surface area contributed by atoms with Gasteiger partial charge in [0.1, 0.15) is 0 Å². The van der Waals surface area contributed by atoms with Gasteiger partial charge in [-0.05, 0) is 0 Å². The second-order valence-corrected chi connectivity index (χ2v) is 2.63. The molecule has 0 aromatic rings. The van der Waals surface area contributed by atoms with Gasteiger partial charge in [-0.1, -0.05) is 0 Å². The summed E-state index contributed by atoms with van der Waals surface area (Å²) < 4.78 is 40.6. The molecule has 1 fully saturated rings. The second kappa shape index (κ2) is 3.59. The molecule has 0 bridgehead atoms. The first-order valence-electron chi connectivity index (χ1n) is 3.58. The summed E-state index contributed by atoms with van der Waals surface area (Å²) in [4.78, 5) is 0. The summed E-state index contributed by atoms with van der Waals surface area (Å²) in [5.74, 6) is 0. The van der Waals surface area contributed by atoms with Gasteiger partial charge in [0.25, 0.3) is 0 Å². The van der Waals surface area contributed by atoms with Gasteiger partial charge in [-0.25, -0.2) is 0 Å². The van der Waals surface area contributed by atoms with Crippen molar-refractivity contribution in [2.24, 2.45) is 0 Å². The van der Waals surface area contributed by atoms with Crippen molar-refractivity contribution in [3.63, 3.8) is 0 Å². The molecular weight excluding hydrogens is 175 g/mol. The van der Waals surface area contributed by atoms with Gasteiger partial charge in [0.15, 0.2) is 6.10 Å². The van der Waals surface area contributed by atoms with Gasteiger partial charge in [-0.15, -0.1) is 0 Å². The first-order valence-corrected chi connectivity index (χ1v) is 3.58. The fourth-order valence-electron chi connectivity index (χ4n) is 1.00. The maximum atomic E-state index is 12.0. The molecule has 0 spiro atoms. The number of rotatable bonds is 1. The number of aliphatic hydroxyl groups excluding tert-OH is 1. The molecule has 0 aromatic carbocycles. The summed E-state index contributed by atoms with van der Waals surface area (Å²) >= 11 is 0. The van der Waals surface area contributed by atoms with Crippen LogP contribution in [0.15, 0.2) is 0 Å². The number of nitrogens with one attached hydrogen (secondary N) is 1. The van der Waals surface area contributed by atoms with E-state index >= 15 is 0 Å². The van der Waals surface area contributed by atoms with Crippen LogP contribution in [0.25, 0.3) is 0 Å². The minimum Gasteiger partial charge on any atom is -0.394 e. The minimum atomic E-state index is -4.35. The highest BCUT2D eigenvalue weighted by molar-refractivity contribution is 4.78. The molecule has 1 saturated heterocycles. The van der Waals surface area contributed by atoms with Gasteiger partial charge in [-0.3, -0.25) is 0 Å². The van der Waals surface area contributed by atoms with Gasteiger partial charge in [0.05, 0.1) is 12.7 Å². The van der Waals surface area contributed by atoms with Crippen LogP contribution < -0.4 is 5.32 Å². The van der Waals surface area contributed by atoms with Gasteiger partial charge in [0.2, 0.25) is 0 Å². The van der Waals surface area contributed by atoms with E-state index in [0.717, 1.165) is 0 Å². The topological polar surface area (TPSA) is 41.5 Å². The van der Waals surface area contributed by atoms with E-state index in [9.17, 15) is 13.2 Å². The first-order chi connectivity index (χ1) is 5.54. The lowest BCUT2D eigenvalue weighted by molar-refractivity contribution is -0.242. The van der Waals surface area contributed by atoms with Crippen molar-refractivity contribution in [3.05, 3.63) is 0 Å².